The molecule has 0 radical (unpaired) electrons. The molecule has 32 heavy (non-hydrogen) atoms. The standard InChI is InChI=1S/C27H28Cl2N2O/c1-5-31-25-15-24(29)19(14-22(25)18(2)16-27(31,3)4)17-30-20-10-12-21(13-11-20)32-26-9-7-6-8-23(26)28/h6-15,17-18H,5,16H2,1-4H3. The topological polar surface area (TPSA) is 24.8 Å². The summed E-state index contributed by atoms with van der Waals surface area (Å²) >= 11 is 12.8. The Bertz CT molecular complexity index is 1140. The molecule has 3 aromatic carbocycles. The van der Waals surface area contributed by atoms with Gasteiger partial charge in [0.05, 0.1) is 15.7 Å². The van der Waals surface area contributed by atoms with Crippen LogP contribution in [0.4, 0.5) is 11.4 Å². The van der Waals surface area contributed by atoms with Crippen molar-refractivity contribution in [3.05, 3.63) is 81.8 Å². The Balaban J connectivity index is 1.55. The fourth-order valence-electron chi connectivity index (χ4n) is 4.62. The molecule has 0 saturated carbocycles. The monoisotopic (exact) mass is 466 g/mol. The fraction of sp³-hybridized carbons (Fsp3) is 0.296. The predicted molar refractivity (Wildman–Crippen MR) is 137 cm³/mol. The number of halogens is 2. The number of fused-ring (bicyclic) bond motifs is 1. The van der Waals surface area contributed by atoms with Gasteiger partial charge in [-0.25, -0.2) is 0 Å². The molecule has 0 saturated heterocycles. The molecule has 0 spiro atoms. The molecule has 3 nitrogen and oxygen atoms in total. The van der Waals surface area contributed by atoms with Gasteiger partial charge >= 0.3 is 0 Å². The summed E-state index contributed by atoms with van der Waals surface area (Å²) in [5, 5.41) is 1.30. The zero-order valence-electron chi connectivity index (χ0n) is 18.9. The van der Waals surface area contributed by atoms with Crippen LogP contribution >= 0.6 is 23.2 Å². The minimum Gasteiger partial charge on any atom is -0.456 e. The van der Waals surface area contributed by atoms with E-state index >= 15 is 0 Å². The Morgan fingerprint density at radius 3 is 2.47 bits per heavy atom. The van der Waals surface area contributed by atoms with Crippen LogP contribution in [0.1, 0.15) is 51.2 Å². The minimum atomic E-state index is 0.119. The normalized spacial score (nSPS) is 17.4. The molecule has 1 atom stereocenters. The third-order valence-corrected chi connectivity index (χ3v) is 6.71. The summed E-state index contributed by atoms with van der Waals surface area (Å²) in [6.07, 6.45) is 2.95. The summed E-state index contributed by atoms with van der Waals surface area (Å²) in [7, 11) is 0. The third-order valence-electron chi connectivity index (χ3n) is 6.07. The number of para-hydroxylation sites is 1. The molecule has 1 aliphatic heterocycles. The maximum absolute atomic E-state index is 6.67. The summed E-state index contributed by atoms with van der Waals surface area (Å²) in [6.45, 7) is 10.1. The van der Waals surface area contributed by atoms with Crippen molar-refractivity contribution in [2.24, 2.45) is 4.99 Å². The lowest BCUT2D eigenvalue weighted by molar-refractivity contribution is 0.381. The van der Waals surface area contributed by atoms with E-state index in [9.17, 15) is 0 Å². The second kappa shape index (κ2) is 9.17. The molecule has 166 valence electrons. The highest BCUT2D eigenvalue weighted by molar-refractivity contribution is 6.33. The van der Waals surface area contributed by atoms with E-state index in [0.717, 1.165) is 29.2 Å². The lowest BCUT2D eigenvalue weighted by atomic mass is 9.79. The van der Waals surface area contributed by atoms with Crippen LogP contribution in [-0.4, -0.2) is 18.3 Å². The number of nitrogens with zero attached hydrogens (tertiary/aromatic N) is 2. The fourth-order valence-corrected chi connectivity index (χ4v) is 5.00. The first-order valence-electron chi connectivity index (χ1n) is 11.0. The quantitative estimate of drug-likeness (QED) is 0.351. The summed E-state index contributed by atoms with van der Waals surface area (Å²) in [4.78, 5) is 7.09. The van der Waals surface area contributed by atoms with E-state index in [2.05, 4.69) is 49.7 Å². The molecule has 1 aliphatic rings. The number of rotatable bonds is 5. The van der Waals surface area contributed by atoms with Crippen molar-refractivity contribution in [2.75, 3.05) is 11.4 Å². The predicted octanol–water partition coefficient (Wildman–Crippen LogP) is 8.65. The van der Waals surface area contributed by atoms with E-state index in [1.165, 1.54) is 11.3 Å². The lowest BCUT2D eigenvalue weighted by Gasteiger charge is -2.47. The first-order valence-corrected chi connectivity index (χ1v) is 11.7. The van der Waals surface area contributed by atoms with Gasteiger partial charge in [0.2, 0.25) is 0 Å². The van der Waals surface area contributed by atoms with Crippen LogP contribution in [0.3, 0.4) is 0 Å². The average Bonchev–Trinajstić information content (AvgIpc) is 2.75. The second-order valence-electron chi connectivity index (χ2n) is 8.88. The Morgan fingerprint density at radius 1 is 1.06 bits per heavy atom. The number of ether oxygens (including phenoxy) is 1. The van der Waals surface area contributed by atoms with Gasteiger partial charge in [-0.3, -0.25) is 4.99 Å². The number of hydrogen-bond donors (Lipinski definition) is 0. The Kier molecular flexibility index (Phi) is 6.50. The van der Waals surface area contributed by atoms with Gasteiger partial charge in [-0.05, 0) is 87.2 Å². The van der Waals surface area contributed by atoms with Gasteiger partial charge in [0.15, 0.2) is 0 Å². The molecule has 5 heteroatoms. The molecule has 0 aromatic heterocycles. The second-order valence-corrected chi connectivity index (χ2v) is 9.69. The maximum Gasteiger partial charge on any atom is 0.146 e. The smallest absolute Gasteiger partial charge is 0.146 e. The molecular formula is C27H28Cl2N2O. The van der Waals surface area contributed by atoms with Gasteiger partial charge in [-0.2, -0.15) is 0 Å². The van der Waals surface area contributed by atoms with E-state index in [1.54, 1.807) is 6.07 Å². The number of aliphatic imine (C=N–C) groups is 1. The minimum absolute atomic E-state index is 0.119. The van der Waals surface area contributed by atoms with Crippen molar-refractivity contribution in [3.8, 4) is 11.5 Å². The molecule has 0 amide bonds. The highest BCUT2D eigenvalue weighted by atomic mass is 35.5. The van der Waals surface area contributed by atoms with E-state index in [-0.39, 0.29) is 5.54 Å². The SMILES string of the molecule is CCN1c2cc(Cl)c(C=Nc3ccc(Oc4ccccc4Cl)cc3)cc2C(C)CC1(C)C. The van der Waals surface area contributed by atoms with Gasteiger partial charge in [0.25, 0.3) is 0 Å². The Morgan fingerprint density at radius 2 is 1.78 bits per heavy atom. The maximum atomic E-state index is 6.67. The average molecular weight is 467 g/mol. The summed E-state index contributed by atoms with van der Waals surface area (Å²) in [5.74, 6) is 1.80. The highest BCUT2D eigenvalue weighted by Crippen LogP contribution is 2.44. The molecule has 3 aromatic rings. The van der Waals surface area contributed by atoms with Gasteiger partial charge in [0, 0.05) is 29.5 Å². The van der Waals surface area contributed by atoms with Crippen LogP contribution in [0.25, 0.3) is 0 Å². The van der Waals surface area contributed by atoms with Crippen molar-refractivity contribution in [2.45, 2.75) is 45.6 Å². The molecule has 0 N–H and O–H groups in total. The summed E-state index contributed by atoms with van der Waals surface area (Å²) < 4.78 is 5.85. The molecule has 4 rings (SSSR count). The Labute approximate surface area is 200 Å². The van der Waals surface area contributed by atoms with Crippen molar-refractivity contribution < 1.29 is 4.74 Å². The molecular weight excluding hydrogens is 439 g/mol. The first-order chi connectivity index (χ1) is 15.3. The van der Waals surface area contributed by atoms with Crippen LogP contribution in [0.15, 0.2) is 65.7 Å². The zero-order chi connectivity index (χ0) is 22.9. The summed E-state index contributed by atoms with van der Waals surface area (Å²) in [5.41, 5.74) is 4.45. The van der Waals surface area contributed by atoms with Crippen molar-refractivity contribution in [3.63, 3.8) is 0 Å². The summed E-state index contributed by atoms with van der Waals surface area (Å²) in [6, 6.07) is 19.3. The highest BCUT2D eigenvalue weighted by Gasteiger charge is 2.35. The van der Waals surface area contributed by atoms with Crippen molar-refractivity contribution in [1.29, 1.82) is 0 Å². The third kappa shape index (κ3) is 4.65. The van der Waals surface area contributed by atoms with E-state index < -0.39 is 0 Å². The van der Waals surface area contributed by atoms with Crippen LogP contribution in [0.5, 0.6) is 11.5 Å². The molecule has 0 bridgehead atoms. The molecule has 1 heterocycles. The van der Waals surface area contributed by atoms with E-state index in [0.29, 0.717) is 22.4 Å². The Hall–Kier alpha value is -2.49. The van der Waals surface area contributed by atoms with Crippen LogP contribution in [-0.2, 0) is 0 Å². The number of benzene rings is 3. The van der Waals surface area contributed by atoms with Gasteiger partial charge < -0.3 is 9.64 Å². The van der Waals surface area contributed by atoms with E-state index in [1.807, 2.05) is 48.7 Å². The van der Waals surface area contributed by atoms with Crippen molar-refractivity contribution >= 4 is 40.8 Å². The largest absolute Gasteiger partial charge is 0.456 e. The molecule has 1 unspecified atom stereocenters. The number of anilines is 1. The zero-order valence-corrected chi connectivity index (χ0v) is 20.4. The van der Waals surface area contributed by atoms with Gasteiger partial charge in [-0.1, -0.05) is 42.3 Å². The van der Waals surface area contributed by atoms with Crippen LogP contribution in [0.2, 0.25) is 10.0 Å². The van der Waals surface area contributed by atoms with Gasteiger partial charge in [-0.15, -0.1) is 0 Å². The van der Waals surface area contributed by atoms with E-state index in [4.69, 9.17) is 27.9 Å². The number of hydrogen-bond acceptors (Lipinski definition) is 3. The lowest BCUT2D eigenvalue weighted by Crippen LogP contribution is -2.48. The van der Waals surface area contributed by atoms with Crippen LogP contribution in [0, 0.1) is 0 Å². The first kappa shape index (κ1) is 22.7. The van der Waals surface area contributed by atoms with Crippen molar-refractivity contribution in [1.82, 2.24) is 0 Å². The molecule has 0 fully saturated rings. The van der Waals surface area contributed by atoms with Crippen LogP contribution < -0.4 is 9.64 Å². The van der Waals surface area contributed by atoms with Gasteiger partial charge in [0.1, 0.15) is 11.5 Å². The molecule has 0 aliphatic carbocycles.